The van der Waals surface area contributed by atoms with Gasteiger partial charge in [-0.1, -0.05) is 0 Å². The van der Waals surface area contributed by atoms with E-state index in [9.17, 15) is 0 Å². The average Bonchev–Trinajstić information content (AvgIpc) is 2.57. The fraction of sp³-hybridized carbons (Fsp3) is 0.0667. The van der Waals surface area contributed by atoms with Gasteiger partial charge in [0, 0.05) is 36.2 Å². The second-order valence-electron chi connectivity index (χ2n) is 4.33. The summed E-state index contributed by atoms with van der Waals surface area (Å²) in [5, 5.41) is 6.36. The van der Waals surface area contributed by atoms with Crippen LogP contribution in [-0.4, -0.2) is 27.0 Å². The van der Waals surface area contributed by atoms with Gasteiger partial charge in [-0.25, -0.2) is 9.97 Å². The highest BCUT2D eigenvalue weighted by atomic mass is 16.5. The molecule has 0 atom stereocenters. The maximum absolute atomic E-state index is 5.44. The van der Waals surface area contributed by atoms with Crippen LogP contribution in [0.2, 0.25) is 0 Å². The molecule has 7 nitrogen and oxygen atoms in total. The first-order valence-corrected chi connectivity index (χ1v) is 6.60. The summed E-state index contributed by atoms with van der Waals surface area (Å²) in [4.78, 5) is 16.4. The third-order valence-corrected chi connectivity index (χ3v) is 2.89. The van der Waals surface area contributed by atoms with E-state index in [1.807, 2.05) is 24.3 Å². The molecule has 3 heterocycles. The Labute approximate surface area is 127 Å². The van der Waals surface area contributed by atoms with Crippen molar-refractivity contribution < 1.29 is 4.74 Å². The van der Waals surface area contributed by atoms with Crippen LogP contribution in [-0.2, 0) is 0 Å². The summed E-state index contributed by atoms with van der Waals surface area (Å²) in [5.41, 5.74) is 1.73. The van der Waals surface area contributed by atoms with Crippen molar-refractivity contribution >= 4 is 23.0 Å². The SMILES string of the molecule is COc1c(Nc2ccncc2)ncnc1Nc1ccncc1. The fourth-order valence-corrected chi connectivity index (χ4v) is 1.89. The molecule has 0 saturated carbocycles. The standard InChI is InChI=1S/C15H14N6O/c1-22-13-14(20-11-2-6-16-7-3-11)18-10-19-15(13)21-12-4-8-17-9-5-12/h2-10H,1H3,(H2,16,17,18,19,20,21). The minimum atomic E-state index is 0.524. The maximum atomic E-state index is 5.44. The summed E-state index contributed by atoms with van der Waals surface area (Å²) in [5.74, 6) is 1.66. The molecule has 3 rings (SSSR count). The Morgan fingerprint density at radius 2 is 1.23 bits per heavy atom. The molecule has 0 aliphatic carbocycles. The topological polar surface area (TPSA) is 84.8 Å². The summed E-state index contributed by atoms with van der Waals surface area (Å²) in [7, 11) is 1.58. The van der Waals surface area contributed by atoms with Crippen LogP contribution in [0.15, 0.2) is 55.4 Å². The van der Waals surface area contributed by atoms with Gasteiger partial charge in [-0.05, 0) is 24.3 Å². The van der Waals surface area contributed by atoms with Crippen LogP contribution < -0.4 is 15.4 Å². The predicted octanol–water partition coefficient (Wildman–Crippen LogP) is 2.76. The number of anilines is 4. The van der Waals surface area contributed by atoms with Gasteiger partial charge in [0.15, 0.2) is 11.6 Å². The van der Waals surface area contributed by atoms with Crippen molar-refractivity contribution in [2.24, 2.45) is 0 Å². The number of hydrogen-bond acceptors (Lipinski definition) is 7. The lowest BCUT2D eigenvalue weighted by Crippen LogP contribution is -2.03. The Balaban J connectivity index is 1.90. The maximum Gasteiger partial charge on any atom is 0.204 e. The van der Waals surface area contributed by atoms with E-state index in [0.29, 0.717) is 17.4 Å². The number of nitrogens with one attached hydrogen (secondary N) is 2. The molecule has 7 heteroatoms. The van der Waals surface area contributed by atoms with E-state index in [2.05, 4.69) is 30.6 Å². The Morgan fingerprint density at radius 1 is 0.773 bits per heavy atom. The van der Waals surface area contributed by atoms with Crippen molar-refractivity contribution in [3.63, 3.8) is 0 Å². The van der Waals surface area contributed by atoms with Gasteiger partial charge in [-0.15, -0.1) is 0 Å². The van der Waals surface area contributed by atoms with Gasteiger partial charge < -0.3 is 15.4 Å². The molecule has 0 aliphatic rings. The van der Waals surface area contributed by atoms with Gasteiger partial charge in [-0.3, -0.25) is 9.97 Å². The van der Waals surface area contributed by atoms with Crippen molar-refractivity contribution in [2.45, 2.75) is 0 Å². The van der Waals surface area contributed by atoms with E-state index >= 15 is 0 Å². The molecule has 22 heavy (non-hydrogen) atoms. The number of ether oxygens (including phenoxy) is 1. The first kappa shape index (κ1) is 13.7. The zero-order chi connectivity index (χ0) is 15.2. The molecule has 0 saturated heterocycles. The summed E-state index contributed by atoms with van der Waals surface area (Å²) < 4.78 is 5.44. The lowest BCUT2D eigenvalue weighted by atomic mass is 10.3. The quantitative estimate of drug-likeness (QED) is 0.748. The lowest BCUT2D eigenvalue weighted by molar-refractivity contribution is 0.415. The van der Waals surface area contributed by atoms with Crippen LogP contribution in [0.3, 0.4) is 0 Å². The van der Waals surface area contributed by atoms with Gasteiger partial charge in [-0.2, -0.15) is 0 Å². The van der Waals surface area contributed by atoms with Gasteiger partial charge >= 0.3 is 0 Å². The molecule has 0 bridgehead atoms. The molecule has 3 aromatic heterocycles. The number of pyridine rings is 2. The van der Waals surface area contributed by atoms with Crippen LogP contribution >= 0.6 is 0 Å². The largest absolute Gasteiger partial charge is 0.490 e. The molecule has 0 amide bonds. The molecular weight excluding hydrogens is 280 g/mol. The molecule has 0 spiro atoms. The molecule has 0 aromatic carbocycles. The van der Waals surface area contributed by atoms with E-state index in [0.717, 1.165) is 11.4 Å². The monoisotopic (exact) mass is 294 g/mol. The molecule has 0 aliphatic heterocycles. The number of rotatable bonds is 5. The number of aromatic nitrogens is 4. The van der Waals surface area contributed by atoms with Crippen molar-refractivity contribution in [2.75, 3.05) is 17.7 Å². The molecule has 0 fully saturated rings. The number of methoxy groups -OCH3 is 1. The summed E-state index contributed by atoms with van der Waals surface area (Å²) in [6, 6.07) is 7.38. The Hall–Kier alpha value is -3.22. The number of hydrogen-bond donors (Lipinski definition) is 2. The average molecular weight is 294 g/mol. The highest BCUT2D eigenvalue weighted by Crippen LogP contribution is 2.32. The lowest BCUT2D eigenvalue weighted by Gasteiger charge is -2.14. The van der Waals surface area contributed by atoms with Gasteiger partial charge in [0.2, 0.25) is 5.75 Å². The van der Waals surface area contributed by atoms with E-state index in [1.54, 1.807) is 31.9 Å². The van der Waals surface area contributed by atoms with Crippen LogP contribution in [0.25, 0.3) is 0 Å². The summed E-state index contributed by atoms with van der Waals surface area (Å²) in [6.07, 6.45) is 8.27. The first-order valence-electron chi connectivity index (χ1n) is 6.60. The zero-order valence-corrected chi connectivity index (χ0v) is 11.9. The van der Waals surface area contributed by atoms with Gasteiger partial charge in [0.1, 0.15) is 6.33 Å². The smallest absolute Gasteiger partial charge is 0.204 e. The Kier molecular flexibility index (Phi) is 4.05. The number of nitrogens with zero attached hydrogens (tertiary/aromatic N) is 4. The molecule has 2 N–H and O–H groups in total. The first-order chi connectivity index (χ1) is 10.9. The Morgan fingerprint density at radius 3 is 1.64 bits per heavy atom. The van der Waals surface area contributed by atoms with Crippen LogP contribution in [0.5, 0.6) is 5.75 Å². The van der Waals surface area contributed by atoms with E-state index < -0.39 is 0 Å². The second-order valence-corrected chi connectivity index (χ2v) is 4.33. The van der Waals surface area contributed by atoms with E-state index in [4.69, 9.17) is 4.74 Å². The van der Waals surface area contributed by atoms with E-state index in [1.165, 1.54) is 6.33 Å². The van der Waals surface area contributed by atoms with Crippen molar-refractivity contribution in [3.8, 4) is 5.75 Å². The van der Waals surface area contributed by atoms with Crippen LogP contribution in [0.1, 0.15) is 0 Å². The van der Waals surface area contributed by atoms with Crippen molar-refractivity contribution in [1.82, 2.24) is 19.9 Å². The third-order valence-electron chi connectivity index (χ3n) is 2.89. The molecule has 110 valence electrons. The van der Waals surface area contributed by atoms with Gasteiger partial charge in [0.25, 0.3) is 0 Å². The van der Waals surface area contributed by atoms with Crippen LogP contribution in [0, 0.1) is 0 Å². The molecular formula is C15H14N6O. The normalized spacial score (nSPS) is 10.0. The Bertz CT molecular complexity index is 676. The second kappa shape index (κ2) is 6.49. The third kappa shape index (κ3) is 3.09. The molecule has 0 radical (unpaired) electrons. The zero-order valence-electron chi connectivity index (χ0n) is 11.9. The van der Waals surface area contributed by atoms with Crippen molar-refractivity contribution in [3.05, 3.63) is 55.4 Å². The molecule has 0 unspecified atom stereocenters. The van der Waals surface area contributed by atoms with Crippen molar-refractivity contribution in [1.29, 1.82) is 0 Å². The highest BCUT2D eigenvalue weighted by Gasteiger charge is 2.12. The minimum Gasteiger partial charge on any atom is -0.490 e. The van der Waals surface area contributed by atoms with Crippen LogP contribution in [0.4, 0.5) is 23.0 Å². The fourth-order valence-electron chi connectivity index (χ4n) is 1.89. The van der Waals surface area contributed by atoms with Gasteiger partial charge in [0.05, 0.1) is 7.11 Å². The minimum absolute atomic E-state index is 0.524. The molecule has 3 aromatic rings. The van der Waals surface area contributed by atoms with E-state index in [-0.39, 0.29) is 0 Å². The predicted molar refractivity (Wildman–Crippen MR) is 83.6 cm³/mol. The summed E-state index contributed by atoms with van der Waals surface area (Å²) >= 11 is 0. The highest BCUT2D eigenvalue weighted by molar-refractivity contribution is 5.72. The summed E-state index contributed by atoms with van der Waals surface area (Å²) in [6.45, 7) is 0.